The van der Waals surface area contributed by atoms with Crippen LogP contribution >= 0.6 is 28.1 Å². The van der Waals surface area contributed by atoms with Crippen LogP contribution in [0.4, 0.5) is 5.95 Å². The number of nitrogens with two attached hydrogens (primary N) is 1. The first-order chi connectivity index (χ1) is 9.08. The highest BCUT2D eigenvalue weighted by atomic mass is 79.9. The first-order valence-corrected chi connectivity index (χ1v) is 6.85. The van der Waals surface area contributed by atoms with Crippen molar-refractivity contribution in [2.75, 3.05) is 11.9 Å². The lowest BCUT2D eigenvalue weighted by molar-refractivity contribution is 0.862. The second kappa shape index (κ2) is 6.08. The van der Waals surface area contributed by atoms with Crippen molar-refractivity contribution in [3.63, 3.8) is 0 Å². The van der Waals surface area contributed by atoms with E-state index in [2.05, 4.69) is 32.0 Å². The van der Waals surface area contributed by atoms with Gasteiger partial charge in [-0.3, -0.25) is 0 Å². The van der Waals surface area contributed by atoms with Crippen LogP contribution in [0.3, 0.4) is 0 Å². The molecule has 0 aliphatic carbocycles. The number of halogens is 1. The zero-order valence-corrected chi connectivity index (χ0v) is 12.8. The average molecular weight is 337 g/mol. The third-order valence-electron chi connectivity index (χ3n) is 2.60. The van der Waals surface area contributed by atoms with Crippen LogP contribution in [0.2, 0.25) is 0 Å². The van der Waals surface area contributed by atoms with E-state index in [0.29, 0.717) is 18.2 Å². The molecule has 0 amide bonds. The van der Waals surface area contributed by atoms with Gasteiger partial charge in [0.05, 0.1) is 0 Å². The summed E-state index contributed by atoms with van der Waals surface area (Å²) in [6.07, 6.45) is 1.66. The Balaban J connectivity index is 2.20. The quantitative estimate of drug-likeness (QED) is 0.869. The zero-order chi connectivity index (χ0) is 13.8. The van der Waals surface area contributed by atoms with Crippen molar-refractivity contribution < 1.29 is 0 Å². The van der Waals surface area contributed by atoms with Crippen molar-refractivity contribution in [2.45, 2.75) is 6.54 Å². The molecular formula is C13H13BrN4S. The van der Waals surface area contributed by atoms with E-state index in [-0.39, 0.29) is 4.99 Å². The van der Waals surface area contributed by atoms with E-state index in [1.54, 1.807) is 12.3 Å². The van der Waals surface area contributed by atoms with Crippen LogP contribution in [0.1, 0.15) is 11.3 Å². The van der Waals surface area contributed by atoms with E-state index in [1.807, 2.05) is 30.1 Å². The van der Waals surface area contributed by atoms with Gasteiger partial charge in [-0.05, 0) is 17.7 Å². The number of aromatic nitrogens is 2. The van der Waals surface area contributed by atoms with E-state index < -0.39 is 0 Å². The molecular weight excluding hydrogens is 324 g/mol. The molecule has 1 aromatic heterocycles. The molecule has 0 unspecified atom stereocenters. The predicted molar refractivity (Wildman–Crippen MR) is 84.2 cm³/mol. The topological polar surface area (TPSA) is 55.0 Å². The fourth-order valence-electron chi connectivity index (χ4n) is 1.62. The van der Waals surface area contributed by atoms with Gasteiger partial charge in [0.15, 0.2) is 0 Å². The molecule has 6 heteroatoms. The van der Waals surface area contributed by atoms with Crippen molar-refractivity contribution >= 4 is 39.1 Å². The molecule has 0 aliphatic rings. The summed E-state index contributed by atoms with van der Waals surface area (Å²) in [4.78, 5) is 10.8. The monoisotopic (exact) mass is 336 g/mol. The molecule has 0 bridgehead atoms. The highest BCUT2D eigenvalue weighted by Crippen LogP contribution is 2.19. The van der Waals surface area contributed by atoms with Crippen LogP contribution in [-0.4, -0.2) is 22.0 Å². The van der Waals surface area contributed by atoms with Gasteiger partial charge in [-0.2, -0.15) is 0 Å². The number of thiocarbonyl (C=S) groups is 1. The first-order valence-electron chi connectivity index (χ1n) is 5.65. The lowest BCUT2D eigenvalue weighted by Gasteiger charge is -2.18. The summed E-state index contributed by atoms with van der Waals surface area (Å²) in [5.41, 5.74) is 7.32. The van der Waals surface area contributed by atoms with Crippen LogP contribution in [-0.2, 0) is 6.54 Å². The smallest absolute Gasteiger partial charge is 0.225 e. The number of hydrogen-bond acceptors (Lipinski definition) is 4. The van der Waals surface area contributed by atoms with Gasteiger partial charge < -0.3 is 10.6 Å². The van der Waals surface area contributed by atoms with E-state index in [9.17, 15) is 0 Å². The van der Waals surface area contributed by atoms with E-state index >= 15 is 0 Å². The first kappa shape index (κ1) is 13.9. The summed E-state index contributed by atoms with van der Waals surface area (Å²) in [6.45, 7) is 0.697. The fourth-order valence-corrected chi connectivity index (χ4v) is 2.15. The Kier molecular flexibility index (Phi) is 4.44. The fraction of sp³-hybridized carbons (Fsp3) is 0.154. The lowest BCUT2D eigenvalue weighted by Crippen LogP contribution is -2.21. The summed E-state index contributed by atoms with van der Waals surface area (Å²) in [5, 5.41) is 0. The van der Waals surface area contributed by atoms with Crippen molar-refractivity contribution in [3.8, 4) is 0 Å². The van der Waals surface area contributed by atoms with E-state index in [1.165, 1.54) is 0 Å². The summed E-state index contributed by atoms with van der Waals surface area (Å²) in [7, 11) is 1.93. The second-order valence-electron chi connectivity index (χ2n) is 4.05. The van der Waals surface area contributed by atoms with Crippen LogP contribution in [0.15, 0.2) is 41.0 Å². The number of nitrogens with zero attached hydrogens (tertiary/aromatic N) is 3. The third-order valence-corrected chi connectivity index (χ3v) is 3.58. The van der Waals surface area contributed by atoms with Crippen LogP contribution in [0, 0.1) is 0 Å². The maximum absolute atomic E-state index is 5.57. The minimum atomic E-state index is 0.276. The number of anilines is 1. The number of benzene rings is 1. The largest absolute Gasteiger partial charge is 0.388 e. The van der Waals surface area contributed by atoms with Crippen molar-refractivity contribution in [1.82, 2.24) is 9.97 Å². The van der Waals surface area contributed by atoms with Gasteiger partial charge in [0.2, 0.25) is 5.95 Å². The maximum atomic E-state index is 5.57. The van der Waals surface area contributed by atoms with Gasteiger partial charge in [-0.1, -0.05) is 46.3 Å². The lowest BCUT2D eigenvalue weighted by atomic mass is 10.2. The minimum Gasteiger partial charge on any atom is -0.388 e. The second-order valence-corrected chi connectivity index (χ2v) is 5.35. The highest BCUT2D eigenvalue weighted by molar-refractivity contribution is 9.10. The molecule has 0 atom stereocenters. The van der Waals surface area contributed by atoms with Crippen molar-refractivity contribution in [2.24, 2.45) is 5.73 Å². The Morgan fingerprint density at radius 2 is 2.11 bits per heavy atom. The SMILES string of the molecule is CN(Cc1ccccc1Br)c1nccc(C(N)=S)n1. The van der Waals surface area contributed by atoms with E-state index in [4.69, 9.17) is 18.0 Å². The molecule has 0 radical (unpaired) electrons. The van der Waals surface area contributed by atoms with Crippen LogP contribution in [0.25, 0.3) is 0 Å². The molecule has 4 nitrogen and oxygen atoms in total. The van der Waals surface area contributed by atoms with Gasteiger partial charge >= 0.3 is 0 Å². The normalized spacial score (nSPS) is 10.2. The standard InChI is InChI=1S/C13H13BrN4S/c1-18(8-9-4-2-3-5-10(9)14)13-16-7-6-11(17-13)12(15)19/h2-7H,8H2,1H3,(H2,15,19). The van der Waals surface area contributed by atoms with Crippen LogP contribution < -0.4 is 10.6 Å². The number of rotatable bonds is 4. The van der Waals surface area contributed by atoms with Gasteiger partial charge in [-0.15, -0.1) is 0 Å². The Morgan fingerprint density at radius 3 is 2.79 bits per heavy atom. The molecule has 1 heterocycles. The minimum absolute atomic E-state index is 0.276. The molecule has 2 N–H and O–H groups in total. The van der Waals surface area contributed by atoms with Crippen LogP contribution in [0.5, 0.6) is 0 Å². The molecule has 0 spiro atoms. The van der Waals surface area contributed by atoms with Gasteiger partial charge in [-0.25, -0.2) is 9.97 Å². The molecule has 98 valence electrons. The van der Waals surface area contributed by atoms with Crippen molar-refractivity contribution in [1.29, 1.82) is 0 Å². The molecule has 19 heavy (non-hydrogen) atoms. The summed E-state index contributed by atoms with van der Waals surface area (Å²) >= 11 is 8.45. The van der Waals surface area contributed by atoms with Gasteiger partial charge in [0.25, 0.3) is 0 Å². The molecule has 0 aliphatic heterocycles. The highest BCUT2D eigenvalue weighted by Gasteiger charge is 2.08. The zero-order valence-electron chi connectivity index (χ0n) is 10.4. The summed E-state index contributed by atoms with van der Waals surface area (Å²) < 4.78 is 1.06. The molecule has 2 rings (SSSR count). The van der Waals surface area contributed by atoms with Gasteiger partial charge in [0.1, 0.15) is 10.7 Å². The summed E-state index contributed by atoms with van der Waals surface area (Å²) in [5.74, 6) is 0.598. The predicted octanol–water partition coefficient (Wildman–Crippen LogP) is 2.51. The Morgan fingerprint density at radius 1 is 1.37 bits per heavy atom. The molecule has 2 aromatic rings. The average Bonchev–Trinajstić information content (AvgIpc) is 2.41. The number of hydrogen-bond donors (Lipinski definition) is 1. The molecule has 0 saturated carbocycles. The Bertz CT molecular complexity index is 603. The molecule has 0 fully saturated rings. The third kappa shape index (κ3) is 3.48. The van der Waals surface area contributed by atoms with E-state index in [0.717, 1.165) is 10.0 Å². The molecule has 1 aromatic carbocycles. The van der Waals surface area contributed by atoms with Gasteiger partial charge in [0, 0.05) is 24.3 Å². The Hall–Kier alpha value is -1.53. The maximum Gasteiger partial charge on any atom is 0.225 e. The molecule has 0 saturated heterocycles. The summed E-state index contributed by atoms with van der Waals surface area (Å²) in [6, 6.07) is 9.75. The van der Waals surface area contributed by atoms with Crippen molar-refractivity contribution in [3.05, 3.63) is 52.3 Å². The Labute approximate surface area is 125 Å².